The average Bonchev–Trinajstić information content (AvgIpc) is 3.28. The van der Waals surface area contributed by atoms with E-state index in [1.165, 1.54) is 11.3 Å². The normalized spacial score (nSPS) is 17.6. The molecule has 1 amide bonds. The van der Waals surface area contributed by atoms with Gasteiger partial charge in [-0.3, -0.25) is 9.69 Å². The van der Waals surface area contributed by atoms with Crippen LogP contribution in [-0.2, 0) is 9.53 Å². The number of carbonyl (C=O) groups is 2. The van der Waals surface area contributed by atoms with E-state index < -0.39 is 0 Å². The van der Waals surface area contributed by atoms with Gasteiger partial charge in [0.25, 0.3) is 0 Å². The third kappa shape index (κ3) is 4.08. The van der Waals surface area contributed by atoms with Gasteiger partial charge in [0.15, 0.2) is 0 Å². The molecule has 0 aliphatic carbocycles. The minimum absolute atomic E-state index is 0.0879. The molecule has 1 aliphatic heterocycles. The molecule has 1 atom stereocenters. The number of anilines is 1. The molecule has 1 fully saturated rings. The third-order valence-electron chi connectivity index (χ3n) is 4.19. The number of imidazole rings is 1. The summed E-state index contributed by atoms with van der Waals surface area (Å²) in [6.07, 6.45) is 5.57. The van der Waals surface area contributed by atoms with Gasteiger partial charge in [-0.25, -0.2) is 9.78 Å². The second kappa shape index (κ2) is 7.79. The molecule has 25 heavy (non-hydrogen) atoms. The SMILES string of the molecule is CCOC(=O)c1sc(NC(=O)CN2CCCC2c2ncc[nH]2)cc1C. The molecule has 2 aromatic rings. The molecule has 2 aromatic heterocycles. The Morgan fingerprint density at radius 3 is 3.08 bits per heavy atom. The van der Waals surface area contributed by atoms with Gasteiger partial charge in [-0.1, -0.05) is 0 Å². The van der Waals surface area contributed by atoms with E-state index >= 15 is 0 Å². The van der Waals surface area contributed by atoms with E-state index in [1.807, 2.05) is 13.0 Å². The van der Waals surface area contributed by atoms with Gasteiger partial charge in [0, 0.05) is 12.4 Å². The van der Waals surface area contributed by atoms with Crippen molar-refractivity contribution >= 4 is 28.2 Å². The van der Waals surface area contributed by atoms with Crippen LogP contribution in [0.4, 0.5) is 5.00 Å². The first-order valence-corrected chi connectivity index (χ1v) is 9.21. The van der Waals surface area contributed by atoms with Gasteiger partial charge in [0.1, 0.15) is 10.7 Å². The molecule has 1 unspecified atom stereocenters. The van der Waals surface area contributed by atoms with Crippen molar-refractivity contribution in [1.82, 2.24) is 14.9 Å². The zero-order valence-electron chi connectivity index (χ0n) is 14.4. The van der Waals surface area contributed by atoms with Crippen LogP contribution < -0.4 is 5.32 Å². The van der Waals surface area contributed by atoms with Gasteiger partial charge in [-0.2, -0.15) is 0 Å². The van der Waals surface area contributed by atoms with Crippen molar-refractivity contribution in [3.8, 4) is 0 Å². The number of aryl methyl sites for hydroxylation is 1. The number of likely N-dealkylation sites (tertiary alicyclic amines) is 1. The number of H-pyrrole nitrogens is 1. The molecule has 0 saturated carbocycles. The van der Waals surface area contributed by atoms with Crippen LogP contribution in [0.1, 0.15) is 46.9 Å². The van der Waals surface area contributed by atoms with Crippen LogP contribution in [0.15, 0.2) is 18.5 Å². The monoisotopic (exact) mass is 362 g/mol. The molecule has 0 bridgehead atoms. The summed E-state index contributed by atoms with van der Waals surface area (Å²) >= 11 is 1.25. The number of thiophene rings is 1. The smallest absolute Gasteiger partial charge is 0.348 e. The maximum atomic E-state index is 12.4. The Kier molecular flexibility index (Phi) is 5.50. The average molecular weight is 362 g/mol. The Labute approximate surface area is 150 Å². The molecule has 0 aromatic carbocycles. The van der Waals surface area contributed by atoms with Crippen LogP contribution in [0.25, 0.3) is 0 Å². The highest BCUT2D eigenvalue weighted by Gasteiger charge is 2.29. The van der Waals surface area contributed by atoms with Crippen molar-refractivity contribution in [2.24, 2.45) is 0 Å². The Morgan fingerprint density at radius 2 is 2.36 bits per heavy atom. The third-order valence-corrected chi connectivity index (χ3v) is 5.32. The first kappa shape index (κ1) is 17.6. The first-order chi connectivity index (χ1) is 12.1. The minimum Gasteiger partial charge on any atom is -0.462 e. The lowest BCUT2D eigenvalue weighted by Gasteiger charge is -2.21. The summed E-state index contributed by atoms with van der Waals surface area (Å²) in [6, 6.07) is 1.96. The van der Waals surface area contributed by atoms with Crippen molar-refractivity contribution in [2.75, 3.05) is 25.0 Å². The summed E-state index contributed by atoms with van der Waals surface area (Å²) in [4.78, 5) is 34.4. The molecule has 1 aliphatic rings. The van der Waals surface area contributed by atoms with Crippen molar-refractivity contribution < 1.29 is 14.3 Å². The predicted octanol–water partition coefficient (Wildman–Crippen LogP) is 2.73. The van der Waals surface area contributed by atoms with E-state index in [-0.39, 0.29) is 17.9 Å². The molecule has 7 nitrogen and oxygen atoms in total. The second-order valence-electron chi connectivity index (χ2n) is 5.99. The van der Waals surface area contributed by atoms with Crippen LogP contribution in [0.2, 0.25) is 0 Å². The topological polar surface area (TPSA) is 87.3 Å². The lowest BCUT2D eigenvalue weighted by molar-refractivity contribution is -0.117. The van der Waals surface area contributed by atoms with Gasteiger partial charge in [0.05, 0.1) is 24.2 Å². The molecule has 134 valence electrons. The fourth-order valence-corrected chi connectivity index (χ4v) is 4.07. The molecular weight excluding hydrogens is 340 g/mol. The molecular formula is C17H22N4O3S. The number of aromatic nitrogens is 2. The zero-order valence-corrected chi connectivity index (χ0v) is 15.2. The fourth-order valence-electron chi connectivity index (χ4n) is 3.09. The standard InChI is InChI=1S/C17H22N4O3S/c1-3-24-17(23)15-11(2)9-14(25-15)20-13(22)10-21-8-4-5-12(21)16-18-6-7-19-16/h6-7,9,12H,3-5,8,10H2,1-2H3,(H,18,19)(H,20,22). The minimum atomic E-state index is -0.345. The van der Waals surface area contributed by atoms with E-state index in [4.69, 9.17) is 4.74 Å². The quantitative estimate of drug-likeness (QED) is 0.772. The molecule has 0 spiro atoms. The molecule has 1 saturated heterocycles. The predicted molar refractivity (Wildman–Crippen MR) is 95.8 cm³/mol. The molecule has 2 N–H and O–H groups in total. The van der Waals surface area contributed by atoms with Crippen LogP contribution in [0.3, 0.4) is 0 Å². The molecule has 0 radical (unpaired) electrons. The highest BCUT2D eigenvalue weighted by atomic mass is 32.1. The Morgan fingerprint density at radius 1 is 1.52 bits per heavy atom. The van der Waals surface area contributed by atoms with Crippen LogP contribution in [0, 0.1) is 6.92 Å². The number of rotatable bonds is 6. The number of amides is 1. The Balaban J connectivity index is 1.61. The fraction of sp³-hybridized carbons (Fsp3) is 0.471. The Hall–Kier alpha value is -2.19. The van der Waals surface area contributed by atoms with E-state index in [1.54, 1.807) is 19.3 Å². The number of carbonyl (C=O) groups excluding carboxylic acids is 2. The van der Waals surface area contributed by atoms with Crippen LogP contribution in [0.5, 0.6) is 0 Å². The van der Waals surface area contributed by atoms with Crippen molar-refractivity contribution in [1.29, 1.82) is 0 Å². The molecule has 8 heteroatoms. The van der Waals surface area contributed by atoms with Gasteiger partial charge in [0.2, 0.25) is 5.91 Å². The molecule has 3 heterocycles. The largest absolute Gasteiger partial charge is 0.462 e. The van der Waals surface area contributed by atoms with Crippen molar-refractivity contribution in [3.05, 3.63) is 34.7 Å². The van der Waals surface area contributed by atoms with Gasteiger partial charge in [-0.05, 0) is 44.9 Å². The number of nitrogens with one attached hydrogen (secondary N) is 2. The summed E-state index contributed by atoms with van der Waals surface area (Å²) in [5.74, 6) is 0.472. The van der Waals surface area contributed by atoms with Crippen LogP contribution >= 0.6 is 11.3 Å². The van der Waals surface area contributed by atoms with Gasteiger partial charge in [-0.15, -0.1) is 11.3 Å². The summed E-state index contributed by atoms with van der Waals surface area (Å²) in [6.45, 7) is 5.12. The second-order valence-corrected chi connectivity index (χ2v) is 7.05. The zero-order chi connectivity index (χ0) is 17.8. The number of hydrogen-bond donors (Lipinski definition) is 2. The van der Waals surface area contributed by atoms with E-state index in [0.717, 1.165) is 30.8 Å². The Bertz CT molecular complexity index is 741. The van der Waals surface area contributed by atoms with E-state index in [2.05, 4.69) is 20.2 Å². The number of esters is 1. The van der Waals surface area contributed by atoms with E-state index in [0.29, 0.717) is 23.0 Å². The number of aromatic amines is 1. The summed E-state index contributed by atoms with van der Waals surface area (Å²) < 4.78 is 5.03. The number of nitrogens with zero attached hydrogens (tertiary/aromatic N) is 2. The lowest BCUT2D eigenvalue weighted by Crippen LogP contribution is -2.33. The summed E-state index contributed by atoms with van der Waals surface area (Å²) in [7, 11) is 0. The van der Waals surface area contributed by atoms with Gasteiger partial charge < -0.3 is 15.0 Å². The van der Waals surface area contributed by atoms with Gasteiger partial charge >= 0.3 is 5.97 Å². The number of ether oxygens (including phenoxy) is 1. The lowest BCUT2D eigenvalue weighted by atomic mass is 10.2. The number of hydrogen-bond acceptors (Lipinski definition) is 6. The van der Waals surface area contributed by atoms with E-state index in [9.17, 15) is 9.59 Å². The maximum Gasteiger partial charge on any atom is 0.348 e. The highest BCUT2D eigenvalue weighted by Crippen LogP contribution is 2.30. The summed E-state index contributed by atoms with van der Waals surface area (Å²) in [5, 5.41) is 3.56. The highest BCUT2D eigenvalue weighted by molar-refractivity contribution is 7.18. The van der Waals surface area contributed by atoms with Crippen molar-refractivity contribution in [3.63, 3.8) is 0 Å². The van der Waals surface area contributed by atoms with Crippen molar-refractivity contribution in [2.45, 2.75) is 32.7 Å². The maximum absolute atomic E-state index is 12.4. The summed E-state index contributed by atoms with van der Waals surface area (Å²) in [5.41, 5.74) is 0.813. The van der Waals surface area contributed by atoms with Crippen LogP contribution in [-0.4, -0.2) is 46.4 Å². The first-order valence-electron chi connectivity index (χ1n) is 8.39. The molecule has 3 rings (SSSR count).